The van der Waals surface area contributed by atoms with Crippen LogP contribution in [0.4, 0.5) is 5.69 Å². The number of nitrogens with two attached hydrogens (primary N) is 1. The van der Waals surface area contributed by atoms with E-state index in [1.807, 2.05) is 18.2 Å². The lowest BCUT2D eigenvalue weighted by atomic mass is 9.84. The molecular weight excluding hydrogens is 408 g/mol. The topological polar surface area (TPSA) is 58.7 Å². The molecule has 1 aliphatic carbocycles. The number of aromatic hydroxyl groups is 1. The van der Waals surface area contributed by atoms with Gasteiger partial charge in [-0.25, -0.2) is 0 Å². The van der Waals surface area contributed by atoms with Crippen LogP contribution in [0.5, 0.6) is 11.5 Å². The fraction of sp³-hybridized carbons (Fsp3) is 0.379. The third-order valence-corrected chi connectivity index (χ3v) is 7.04. The summed E-state index contributed by atoms with van der Waals surface area (Å²) < 4.78 is 5.69. The number of rotatable bonds is 8. The van der Waals surface area contributed by atoms with Crippen LogP contribution in [0.1, 0.15) is 47.6 Å². The summed E-state index contributed by atoms with van der Waals surface area (Å²) in [5.74, 6) is 1.09. The van der Waals surface area contributed by atoms with Gasteiger partial charge in [-0.2, -0.15) is 0 Å². The van der Waals surface area contributed by atoms with Crippen molar-refractivity contribution in [3.8, 4) is 22.6 Å². The number of phenolic OH excluding ortho intramolecular Hbond substituents is 1. The molecule has 0 unspecified atom stereocenters. The van der Waals surface area contributed by atoms with Gasteiger partial charge in [0, 0.05) is 35.3 Å². The van der Waals surface area contributed by atoms with Gasteiger partial charge in [-0.15, -0.1) is 0 Å². The highest BCUT2D eigenvalue weighted by atomic mass is 16.5. The molecule has 0 amide bonds. The highest BCUT2D eigenvalue weighted by molar-refractivity contribution is 5.86. The van der Waals surface area contributed by atoms with Crippen LogP contribution in [0.25, 0.3) is 11.1 Å². The number of hydrogen-bond acceptors (Lipinski definition) is 4. The van der Waals surface area contributed by atoms with Crippen LogP contribution in [0.15, 0.2) is 48.5 Å². The molecule has 0 heterocycles. The van der Waals surface area contributed by atoms with Crippen molar-refractivity contribution in [1.82, 2.24) is 4.90 Å². The van der Waals surface area contributed by atoms with E-state index in [1.54, 1.807) is 7.11 Å². The maximum Gasteiger partial charge on any atom is 0.124 e. The number of anilines is 1. The predicted octanol–water partition coefficient (Wildman–Crippen LogP) is 5.61. The first-order valence-corrected chi connectivity index (χ1v) is 12.1. The van der Waals surface area contributed by atoms with E-state index in [1.165, 1.54) is 28.7 Å². The Labute approximate surface area is 198 Å². The van der Waals surface area contributed by atoms with E-state index < -0.39 is 0 Å². The quantitative estimate of drug-likeness (QED) is 0.443. The first-order chi connectivity index (χ1) is 16.0. The number of phenols is 1. The molecule has 0 radical (unpaired) electrons. The molecular formula is C29H36N2O2. The summed E-state index contributed by atoms with van der Waals surface area (Å²) in [4.78, 5) is 2.32. The van der Waals surface area contributed by atoms with E-state index in [-0.39, 0.29) is 0 Å². The molecule has 3 N–H and O–H groups in total. The van der Waals surface area contributed by atoms with Gasteiger partial charge < -0.3 is 20.5 Å². The van der Waals surface area contributed by atoms with Crippen LogP contribution in [-0.4, -0.2) is 37.3 Å². The fourth-order valence-electron chi connectivity index (χ4n) is 4.86. The monoisotopic (exact) mass is 444 g/mol. The van der Waals surface area contributed by atoms with Crippen molar-refractivity contribution >= 4 is 5.69 Å². The van der Waals surface area contributed by atoms with E-state index in [4.69, 9.17) is 10.5 Å². The minimum atomic E-state index is 0.305. The number of ether oxygens (including phenoxy) is 1. The number of benzene rings is 3. The van der Waals surface area contributed by atoms with E-state index in [0.717, 1.165) is 61.2 Å². The van der Waals surface area contributed by atoms with Crippen molar-refractivity contribution in [2.24, 2.45) is 0 Å². The maximum absolute atomic E-state index is 10.8. The van der Waals surface area contributed by atoms with Gasteiger partial charge in [0.2, 0.25) is 0 Å². The molecule has 0 aliphatic heterocycles. The van der Waals surface area contributed by atoms with Gasteiger partial charge in [0.05, 0.1) is 7.11 Å². The number of hydrogen-bond donors (Lipinski definition) is 2. The maximum atomic E-state index is 10.8. The predicted molar refractivity (Wildman–Crippen MR) is 137 cm³/mol. The van der Waals surface area contributed by atoms with E-state index in [2.05, 4.69) is 49.2 Å². The van der Waals surface area contributed by atoms with Gasteiger partial charge >= 0.3 is 0 Å². The molecule has 1 aliphatic rings. The normalized spacial score (nSPS) is 13.2. The molecule has 0 saturated carbocycles. The average molecular weight is 445 g/mol. The molecule has 4 nitrogen and oxygen atoms in total. The van der Waals surface area contributed by atoms with E-state index >= 15 is 0 Å². The Balaban J connectivity index is 1.66. The van der Waals surface area contributed by atoms with Gasteiger partial charge in [-0.3, -0.25) is 0 Å². The van der Waals surface area contributed by atoms with Gasteiger partial charge in [-0.05, 0) is 86.1 Å². The van der Waals surface area contributed by atoms with Gasteiger partial charge in [-0.1, -0.05) is 37.3 Å². The summed E-state index contributed by atoms with van der Waals surface area (Å²) in [6.07, 6.45) is 6.12. The summed E-state index contributed by atoms with van der Waals surface area (Å²) in [7, 11) is 3.84. The molecule has 0 fully saturated rings. The zero-order valence-electron chi connectivity index (χ0n) is 20.2. The molecule has 0 bridgehead atoms. The first kappa shape index (κ1) is 23.2. The number of fused-ring (bicyclic) bond motifs is 1. The second kappa shape index (κ2) is 10.3. The van der Waals surface area contributed by atoms with Crippen molar-refractivity contribution < 1.29 is 9.84 Å². The smallest absolute Gasteiger partial charge is 0.124 e. The fourth-order valence-corrected chi connectivity index (χ4v) is 4.86. The van der Waals surface area contributed by atoms with E-state index in [9.17, 15) is 5.11 Å². The Hall–Kier alpha value is -2.98. The molecule has 3 aromatic rings. The minimum Gasteiger partial charge on any atom is -0.507 e. The van der Waals surface area contributed by atoms with E-state index in [0.29, 0.717) is 17.9 Å². The van der Waals surface area contributed by atoms with Gasteiger partial charge in [0.1, 0.15) is 11.5 Å². The van der Waals surface area contributed by atoms with Crippen LogP contribution in [0.3, 0.4) is 0 Å². The Morgan fingerprint density at radius 1 is 0.970 bits per heavy atom. The third kappa shape index (κ3) is 5.01. The average Bonchev–Trinajstić information content (AvgIpc) is 2.85. The molecule has 4 rings (SSSR count). The lowest BCUT2D eigenvalue weighted by molar-refractivity contribution is 0.357. The van der Waals surface area contributed by atoms with Crippen LogP contribution in [0, 0.1) is 0 Å². The summed E-state index contributed by atoms with van der Waals surface area (Å²) in [5, 5.41) is 10.8. The molecule has 0 atom stereocenters. The molecule has 0 saturated heterocycles. The summed E-state index contributed by atoms with van der Waals surface area (Å²) in [6.45, 7) is 4.30. The number of likely N-dealkylation sites (N-methyl/N-ethyl adjacent to an activating group) is 1. The number of aryl methyl sites for hydroxylation is 1. The zero-order chi connectivity index (χ0) is 23.4. The Kier molecular flexibility index (Phi) is 7.24. The Bertz CT molecular complexity index is 1110. The van der Waals surface area contributed by atoms with Crippen LogP contribution >= 0.6 is 0 Å². The second-order valence-corrected chi connectivity index (χ2v) is 9.15. The standard InChI is InChI=1S/C29H36N2O2/c1-4-31(2)18-17-20-9-11-21(12-10-20)19-25-27(33-3)16-14-24(29(25)30)28-23-8-6-5-7-22(23)13-15-26(28)32/h9-16,32H,4-8,17-19,30H2,1-3H3. The van der Waals surface area contributed by atoms with Gasteiger partial charge in [0.25, 0.3) is 0 Å². The highest BCUT2D eigenvalue weighted by Crippen LogP contribution is 2.43. The molecule has 4 heteroatoms. The summed E-state index contributed by atoms with van der Waals surface area (Å²) in [5.41, 5.74) is 15.3. The summed E-state index contributed by atoms with van der Waals surface area (Å²) >= 11 is 0. The largest absolute Gasteiger partial charge is 0.507 e. The number of nitrogen functional groups attached to an aromatic ring is 1. The molecule has 3 aromatic carbocycles. The van der Waals surface area contributed by atoms with Crippen molar-refractivity contribution in [3.05, 3.63) is 76.3 Å². The van der Waals surface area contributed by atoms with Crippen molar-refractivity contribution in [1.29, 1.82) is 0 Å². The van der Waals surface area contributed by atoms with Crippen LogP contribution in [-0.2, 0) is 25.7 Å². The van der Waals surface area contributed by atoms with Crippen LogP contribution < -0.4 is 10.5 Å². The second-order valence-electron chi connectivity index (χ2n) is 9.15. The minimum absolute atomic E-state index is 0.305. The van der Waals surface area contributed by atoms with Gasteiger partial charge in [0.15, 0.2) is 0 Å². The summed E-state index contributed by atoms with van der Waals surface area (Å²) in [6, 6.07) is 16.7. The Morgan fingerprint density at radius 2 is 1.70 bits per heavy atom. The Morgan fingerprint density at radius 3 is 2.42 bits per heavy atom. The highest BCUT2D eigenvalue weighted by Gasteiger charge is 2.22. The molecule has 0 aromatic heterocycles. The van der Waals surface area contributed by atoms with Crippen LogP contribution in [0.2, 0.25) is 0 Å². The zero-order valence-corrected chi connectivity index (χ0v) is 20.2. The third-order valence-electron chi connectivity index (χ3n) is 7.04. The molecule has 33 heavy (non-hydrogen) atoms. The van der Waals surface area contributed by atoms with Crippen molar-refractivity contribution in [2.75, 3.05) is 33.0 Å². The van der Waals surface area contributed by atoms with Crippen molar-refractivity contribution in [2.45, 2.75) is 45.4 Å². The first-order valence-electron chi connectivity index (χ1n) is 12.1. The SMILES string of the molecule is CCN(C)CCc1ccc(Cc2c(OC)ccc(-c3c(O)ccc4c3CCCC4)c2N)cc1. The molecule has 174 valence electrons. The molecule has 0 spiro atoms. The lowest BCUT2D eigenvalue weighted by Crippen LogP contribution is -2.20. The number of methoxy groups -OCH3 is 1. The lowest BCUT2D eigenvalue weighted by Gasteiger charge is -2.23. The van der Waals surface area contributed by atoms with Crippen molar-refractivity contribution in [3.63, 3.8) is 0 Å². The number of nitrogens with zero attached hydrogens (tertiary/aromatic N) is 1.